The van der Waals surface area contributed by atoms with Crippen molar-refractivity contribution in [3.8, 4) is 5.88 Å². The lowest BCUT2D eigenvalue weighted by Gasteiger charge is -2.07. The topological polar surface area (TPSA) is 77.2 Å². The molecule has 0 aliphatic heterocycles. The Kier molecular flexibility index (Phi) is 3.70. The lowest BCUT2D eigenvalue weighted by Crippen LogP contribution is -2.28. The molecule has 3 heterocycles. The van der Waals surface area contributed by atoms with E-state index in [1.807, 2.05) is 6.07 Å². The van der Waals surface area contributed by atoms with Crippen LogP contribution in [0.3, 0.4) is 0 Å². The maximum atomic E-state index is 11.9. The van der Waals surface area contributed by atoms with Crippen LogP contribution >= 0.6 is 11.3 Å². The summed E-state index contributed by atoms with van der Waals surface area (Å²) in [5.41, 5.74) is 1.29. The van der Waals surface area contributed by atoms with Gasteiger partial charge in [0.25, 0.3) is 5.91 Å². The Morgan fingerprint density at radius 3 is 3.22 bits per heavy atom. The van der Waals surface area contributed by atoms with Crippen LogP contribution in [0.25, 0.3) is 10.2 Å². The van der Waals surface area contributed by atoms with Crippen molar-refractivity contribution in [2.75, 3.05) is 6.61 Å². The van der Waals surface area contributed by atoms with Crippen molar-refractivity contribution in [2.45, 2.75) is 25.8 Å². The minimum absolute atomic E-state index is 0.0720. The summed E-state index contributed by atoms with van der Waals surface area (Å²) in [5.74, 6) is 1.00. The Labute approximate surface area is 136 Å². The molecule has 1 aliphatic rings. The Hall–Kier alpha value is -2.41. The van der Waals surface area contributed by atoms with Crippen LogP contribution in [-0.2, 0) is 24.2 Å². The molecule has 1 aliphatic carbocycles. The van der Waals surface area contributed by atoms with Crippen molar-refractivity contribution in [1.82, 2.24) is 15.3 Å². The molecule has 7 heteroatoms. The van der Waals surface area contributed by atoms with Crippen LogP contribution in [0.1, 0.15) is 22.6 Å². The predicted octanol–water partition coefficient (Wildman–Crippen LogP) is 2.47. The van der Waals surface area contributed by atoms with Crippen LogP contribution in [0.2, 0.25) is 0 Å². The molecule has 1 amide bonds. The Morgan fingerprint density at radius 2 is 2.35 bits per heavy atom. The molecule has 3 aromatic rings. The average Bonchev–Trinajstić information content (AvgIpc) is 3.26. The van der Waals surface area contributed by atoms with Gasteiger partial charge in [0.05, 0.1) is 18.2 Å². The normalized spacial score (nSPS) is 13.2. The second-order valence-electron chi connectivity index (χ2n) is 5.36. The number of thiophene rings is 1. The first-order valence-corrected chi connectivity index (χ1v) is 8.30. The van der Waals surface area contributed by atoms with Crippen molar-refractivity contribution in [2.24, 2.45) is 0 Å². The molecule has 6 nitrogen and oxygen atoms in total. The number of nitrogens with one attached hydrogen (secondary N) is 1. The zero-order valence-corrected chi connectivity index (χ0v) is 13.2. The van der Waals surface area contributed by atoms with Gasteiger partial charge in [0.2, 0.25) is 5.88 Å². The molecule has 0 saturated carbocycles. The molecule has 3 aromatic heterocycles. The molecule has 0 fully saturated rings. The van der Waals surface area contributed by atoms with Gasteiger partial charge in [-0.05, 0) is 37.0 Å². The third-order valence-electron chi connectivity index (χ3n) is 3.85. The first-order valence-electron chi connectivity index (χ1n) is 7.48. The summed E-state index contributed by atoms with van der Waals surface area (Å²) in [4.78, 5) is 22.7. The quantitative estimate of drug-likeness (QED) is 0.778. The molecule has 118 valence electrons. The van der Waals surface area contributed by atoms with Crippen LogP contribution in [0.4, 0.5) is 0 Å². The van der Waals surface area contributed by atoms with Crippen molar-refractivity contribution < 1.29 is 13.9 Å². The first kappa shape index (κ1) is 14.2. The Balaban J connectivity index is 1.44. The zero-order chi connectivity index (χ0) is 15.6. The van der Waals surface area contributed by atoms with E-state index in [9.17, 15) is 4.79 Å². The van der Waals surface area contributed by atoms with Gasteiger partial charge in [-0.15, -0.1) is 11.3 Å². The minimum Gasteiger partial charge on any atom is -0.467 e. The monoisotopic (exact) mass is 329 g/mol. The van der Waals surface area contributed by atoms with Crippen molar-refractivity contribution in [3.63, 3.8) is 0 Å². The number of carbonyl (C=O) groups is 1. The lowest BCUT2D eigenvalue weighted by molar-refractivity contribution is -0.123. The second-order valence-corrected chi connectivity index (χ2v) is 6.44. The molecule has 4 rings (SSSR count). The van der Waals surface area contributed by atoms with Crippen molar-refractivity contribution in [1.29, 1.82) is 0 Å². The number of aryl methyl sites for hydroxylation is 2. The number of ether oxygens (including phenoxy) is 1. The highest BCUT2D eigenvalue weighted by atomic mass is 32.1. The van der Waals surface area contributed by atoms with Crippen LogP contribution in [0.15, 0.2) is 29.1 Å². The fourth-order valence-electron chi connectivity index (χ4n) is 2.79. The predicted molar refractivity (Wildman–Crippen MR) is 85.5 cm³/mol. The van der Waals surface area contributed by atoms with E-state index < -0.39 is 0 Å². The lowest BCUT2D eigenvalue weighted by atomic mass is 10.2. The molecule has 0 radical (unpaired) electrons. The molecule has 1 N–H and O–H groups in total. The van der Waals surface area contributed by atoms with E-state index in [2.05, 4.69) is 15.3 Å². The van der Waals surface area contributed by atoms with Gasteiger partial charge in [-0.1, -0.05) is 0 Å². The fourth-order valence-corrected chi connectivity index (χ4v) is 4.01. The highest BCUT2D eigenvalue weighted by molar-refractivity contribution is 7.18. The smallest absolute Gasteiger partial charge is 0.258 e. The molecule has 0 unspecified atom stereocenters. The number of hydrogen-bond acceptors (Lipinski definition) is 6. The largest absolute Gasteiger partial charge is 0.467 e. The van der Waals surface area contributed by atoms with E-state index in [0.29, 0.717) is 18.2 Å². The van der Waals surface area contributed by atoms with Gasteiger partial charge in [0.15, 0.2) is 6.61 Å². The summed E-state index contributed by atoms with van der Waals surface area (Å²) in [5, 5.41) is 3.73. The van der Waals surface area contributed by atoms with Gasteiger partial charge in [0.1, 0.15) is 16.9 Å². The summed E-state index contributed by atoms with van der Waals surface area (Å²) in [6.45, 7) is 0.277. The van der Waals surface area contributed by atoms with Crippen LogP contribution in [-0.4, -0.2) is 22.5 Å². The molecule has 0 aromatic carbocycles. The number of fused-ring (bicyclic) bond motifs is 3. The third kappa shape index (κ3) is 2.79. The van der Waals surface area contributed by atoms with Gasteiger partial charge in [-0.3, -0.25) is 4.79 Å². The number of rotatable bonds is 5. The summed E-state index contributed by atoms with van der Waals surface area (Å²) in [7, 11) is 0. The van der Waals surface area contributed by atoms with E-state index in [1.165, 1.54) is 16.8 Å². The van der Waals surface area contributed by atoms with Crippen LogP contribution < -0.4 is 10.1 Å². The number of nitrogens with zero attached hydrogens (tertiary/aromatic N) is 2. The van der Waals surface area contributed by atoms with E-state index >= 15 is 0 Å². The summed E-state index contributed by atoms with van der Waals surface area (Å²) in [6.07, 6.45) is 6.36. The average molecular weight is 329 g/mol. The van der Waals surface area contributed by atoms with Gasteiger partial charge in [-0.2, -0.15) is 0 Å². The fraction of sp³-hybridized carbons (Fsp3) is 0.312. The molecule has 0 spiro atoms. The maximum absolute atomic E-state index is 11.9. The summed E-state index contributed by atoms with van der Waals surface area (Å²) < 4.78 is 10.8. The highest BCUT2D eigenvalue weighted by Crippen LogP contribution is 2.39. The molecule has 0 atom stereocenters. The maximum Gasteiger partial charge on any atom is 0.258 e. The van der Waals surface area contributed by atoms with E-state index in [4.69, 9.17) is 9.15 Å². The molecular formula is C16H15N3O3S. The van der Waals surface area contributed by atoms with E-state index in [0.717, 1.165) is 29.5 Å². The third-order valence-corrected chi connectivity index (χ3v) is 5.05. The number of aromatic nitrogens is 2. The van der Waals surface area contributed by atoms with Gasteiger partial charge >= 0.3 is 0 Å². The van der Waals surface area contributed by atoms with E-state index in [-0.39, 0.29) is 12.5 Å². The Morgan fingerprint density at radius 1 is 1.39 bits per heavy atom. The summed E-state index contributed by atoms with van der Waals surface area (Å²) in [6, 6.07) is 3.59. The first-order chi connectivity index (χ1) is 11.3. The van der Waals surface area contributed by atoms with Crippen LogP contribution in [0, 0.1) is 0 Å². The molecule has 0 saturated heterocycles. The highest BCUT2D eigenvalue weighted by Gasteiger charge is 2.22. The molecule has 23 heavy (non-hydrogen) atoms. The standard InChI is InChI=1S/C16H15N3O3S/c20-13(17-7-10-3-2-6-21-10)8-22-15-14-11-4-1-5-12(11)23-16(14)19-9-18-15/h2-3,6,9H,1,4-5,7-8H2,(H,17,20). The van der Waals surface area contributed by atoms with Gasteiger partial charge in [-0.25, -0.2) is 9.97 Å². The number of amides is 1. The zero-order valence-electron chi connectivity index (χ0n) is 12.4. The van der Waals surface area contributed by atoms with Crippen molar-refractivity contribution in [3.05, 3.63) is 40.9 Å². The summed E-state index contributed by atoms with van der Waals surface area (Å²) >= 11 is 1.70. The minimum atomic E-state index is -0.208. The Bertz CT molecular complexity index is 842. The SMILES string of the molecule is O=C(COc1ncnc2sc3c(c12)CCC3)NCc1ccco1. The number of furan rings is 1. The van der Waals surface area contributed by atoms with Gasteiger partial charge in [0, 0.05) is 4.88 Å². The van der Waals surface area contributed by atoms with Gasteiger partial charge < -0.3 is 14.5 Å². The van der Waals surface area contributed by atoms with E-state index in [1.54, 1.807) is 23.7 Å². The molecule has 0 bridgehead atoms. The van der Waals surface area contributed by atoms with Crippen molar-refractivity contribution >= 4 is 27.5 Å². The second kappa shape index (κ2) is 6.00. The van der Waals surface area contributed by atoms with Crippen LogP contribution in [0.5, 0.6) is 5.88 Å². The number of carbonyl (C=O) groups excluding carboxylic acids is 1. The number of hydrogen-bond donors (Lipinski definition) is 1. The molecular weight excluding hydrogens is 314 g/mol.